The first kappa shape index (κ1) is 26.0. The Morgan fingerprint density at radius 3 is 2.28 bits per heavy atom. The molecular weight excluding hydrogens is 530 g/mol. The molecule has 198 valence electrons. The lowest BCUT2D eigenvalue weighted by molar-refractivity contribution is 0.0992. The van der Waals surface area contributed by atoms with Crippen molar-refractivity contribution in [2.45, 2.75) is 17.9 Å². The van der Waals surface area contributed by atoms with E-state index in [0.717, 1.165) is 17.2 Å². The molecule has 0 unspecified atom stereocenters. The van der Waals surface area contributed by atoms with E-state index < -0.39 is 27.9 Å². The third-order valence-corrected chi connectivity index (χ3v) is 7.00. The second kappa shape index (κ2) is 9.93. The summed E-state index contributed by atoms with van der Waals surface area (Å²) in [7, 11) is -2.29. The summed E-state index contributed by atoms with van der Waals surface area (Å²) < 4.78 is 58.7. The van der Waals surface area contributed by atoms with E-state index >= 15 is 0 Å². The fourth-order valence-corrected chi connectivity index (χ4v) is 4.77. The van der Waals surface area contributed by atoms with Crippen molar-refractivity contribution < 1.29 is 26.5 Å². The van der Waals surface area contributed by atoms with Crippen LogP contribution in [0, 0.1) is 18.6 Å². The minimum atomic E-state index is -4.02. The number of hydrogen-bond acceptors (Lipinski definition) is 7. The lowest BCUT2D eigenvalue weighted by atomic mass is 9.86. The number of nitrogens with one attached hydrogen (secondary N) is 1. The van der Waals surface area contributed by atoms with Crippen molar-refractivity contribution in [3.63, 3.8) is 0 Å². The molecule has 13 heteroatoms. The Bertz CT molecular complexity index is 1770. The molecule has 2 N–H and O–H groups in total. The van der Waals surface area contributed by atoms with E-state index in [-0.39, 0.29) is 16.3 Å². The van der Waals surface area contributed by atoms with Crippen molar-refractivity contribution in [3.8, 4) is 0 Å². The van der Waals surface area contributed by atoms with Crippen molar-refractivity contribution in [1.29, 1.82) is 0 Å². The van der Waals surface area contributed by atoms with E-state index in [0.29, 0.717) is 28.3 Å². The Morgan fingerprint density at radius 1 is 0.974 bits per heavy atom. The summed E-state index contributed by atoms with van der Waals surface area (Å²) >= 11 is 0. The smallest absolute Gasteiger partial charge is 0.296 e. The molecule has 6 rings (SSSR count). The summed E-state index contributed by atoms with van der Waals surface area (Å²) in [5.74, 6) is -1.04. The maximum Gasteiger partial charge on any atom is 0.296 e. The van der Waals surface area contributed by atoms with Crippen LogP contribution >= 0.6 is 0 Å². The Labute approximate surface area is 221 Å². The standard InChI is InChI=1S/C19H12F2N6O.C7H8O3S/c1-27-18(22-8-23-27)15-16(9-2-4-10(20)5-3-9)24-13-7-11(21)6-12-14(13)17(15)25-26-19(12)28;1-6-2-4-7(5-3-6)11(8,9)10/h2-8,16,24H,1H3;2-5H,1H3,(H,8,9,10)/t16-;/m1./s1. The highest BCUT2D eigenvalue weighted by Gasteiger charge is 2.36. The molecule has 2 aliphatic rings. The average Bonchev–Trinajstić information content (AvgIpc) is 3.31. The van der Waals surface area contributed by atoms with Gasteiger partial charge in [0.25, 0.3) is 16.0 Å². The molecule has 0 spiro atoms. The SMILES string of the molecule is Cc1ccc(S(=O)(=O)O)cc1.Cn1ncnc1C1=C2N=NC(=O)c3cc(F)cc(c32)N[C@@H]1c1ccc(F)cc1. The van der Waals surface area contributed by atoms with Gasteiger partial charge in [0.05, 0.1) is 22.1 Å². The average molecular weight is 551 g/mol. The van der Waals surface area contributed by atoms with Crippen LogP contribution in [0.15, 0.2) is 82.1 Å². The third kappa shape index (κ3) is 5.09. The number of anilines is 1. The van der Waals surface area contributed by atoms with Crippen LogP contribution in [0.2, 0.25) is 0 Å². The van der Waals surface area contributed by atoms with Gasteiger partial charge in [0.1, 0.15) is 23.7 Å². The van der Waals surface area contributed by atoms with Gasteiger partial charge in [-0.3, -0.25) is 9.35 Å². The van der Waals surface area contributed by atoms with Crippen LogP contribution in [0.4, 0.5) is 14.5 Å². The number of nitrogens with zero attached hydrogens (tertiary/aromatic N) is 5. The highest BCUT2D eigenvalue weighted by molar-refractivity contribution is 7.85. The van der Waals surface area contributed by atoms with Gasteiger partial charge in [0, 0.05) is 18.3 Å². The zero-order valence-corrected chi connectivity index (χ0v) is 21.3. The predicted octanol–water partition coefficient (Wildman–Crippen LogP) is 4.98. The summed E-state index contributed by atoms with van der Waals surface area (Å²) in [5, 5.41) is 15.2. The number of carbonyl (C=O) groups excluding carboxylic acids is 1. The molecule has 0 saturated carbocycles. The van der Waals surface area contributed by atoms with E-state index in [9.17, 15) is 22.0 Å². The van der Waals surface area contributed by atoms with Crippen molar-refractivity contribution in [2.24, 2.45) is 17.3 Å². The molecule has 3 heterocycles. The van der Waals surface area contributed by atoms with Gasteiger partial charge in [-0.1, -0.05) is 29.8 Å². The molecule has 1 aromatic heterocycles. The Morgan fingerprint density at radius 2 is 1.67 bits per heavy atom. The summed E-state index contributed by atoms with van der Waals surface area (Å²) in [5.41, 5.74) is 3.71. The van der Waals surface area contributed by atoms with Gasteiger partial charge in [0.2, 0.25) is 0 Å². The minimum Gasteiger partial charge on any atom is -0.373 e. The molecule has 3 aromatic carbocycles. The normalized spacial score (nSPS) is 15.8. The second-order valence-electron chi connectivity index (χ2n) is 8.77. The van der Waals surface area contributed by atoms with Crippen molar-refractivity contribution in [3.05, 3.63) is 107 Å². The lowest BCUT2D eigenvalue weighted by Gasteiger charge is -2.32. The maximum absolute atomic E-state index is 14.1. The highest BCUT2D eigenvalue weighted by atomic mass is 32.2. The molecule has 0 bridgehead atoms. The summed E-state index contributed by atoms with van der Waals surface area (Å²) in [6.07, 6.45) is 1.40. The van der Waals surface area contributed by atoms with Crippen molar-refractivity contribution >= 4 is 33.0 Å². The monoisotopic (exact) mass is 550 g/mol. The van der Waals surface area contributed by atoms with Gasteiger partial charge in [-0.05, 0) is 48.9 Å². The molecule has 4 aromatic rings. The zero-order valence-electron chi connectivity index (χ0n) is 20.5. The zero-order chi connectivity index (χ0) is 27.9. The van der Waals surface area contributed by atoms with Crippen molar-refractivity contribution in [1.82, 2.24) is 14.8 Å². The topological polar surface area (TPSA) is 139 Å². The predicted molar refractivity (Wildman–Crippen MR) is 137 cm³/mol. The maximum atomic E-state index is 14.1. The van der Waals surface area contributed by atoms with Crippen LogP contribution in [0.5, 0.6) is 0 Å². The fraction of sp³-hybridized carbons (Fsp3) is 0.115. The van der Waals surface area contributed by atoms with E-state index in [4.69, 9.17) is 4.55 Å². The van der Waals surface area contributed by atoms with Crippen LogP contribution in [-0.4, -0.2) is 33.6 Å². The third-order valence-electron chi connectivity index (χ3n) is 6.13. The van der Waals surface area contributed by atoms with Crippen LogP contribution in [0.25, 0.3) is 11.3 Å². The fourth-order valence-electron chi connectivity index (χ4n) is 4.29. The number of halogens is 2. The number of aromatic nitrogens is 3. The van der Waals surface area contributed by atoms with Gasteiger partial charge < -0.3 is 5.32 Å². The molecular formula is C26H20F2N6O4S. The molecule has 0 aliphatic carbocycles. The first-order chi connectivity index (χ1) is 18.5. The molecule has 0 radical (unpaired) electrons. The van der Waals surface area contributed by atoms with Crippen LogP contribution in [-0.2, 0) is 17.2 Å². The van der Waals surface area contributed by atoms with E-state index in [2.05, 4.69) is 25.6 Å². The number of hydrogen-bond donors (Lipinski definition) is 2. The first-order valence-corrected chi connectivity index (χ1v) is 12.9. The number of rotatable bonds is 3. The Hall–Kier alpha value is -4.62. The molecule has 2 aliphatic heterocycles. The van der Waals surface area contributed by atoms with Gasteiger partial charge in [-0.2, -0.15) is 13.5 Å². The van der Waals surface area contributed by atoms with E-state index in [1.54, 1.807) is 36.0 Å². The minimum absolute atomic E-state index is 0.0666. The summed E-state index contributed by atoms with van der Waals surface area (Å²) in [4.78, 5) is 16.4. The van der Waals surface area contributed by atoms with Crippen LogP contribution < -0.4 is 5.32 Å². The highest BCUT2D eigenvalue weighted by Crippen LogP contribution is 2.48. The molecule has 10 nitrogen and oxygen atoms in total. The van der Waals surface area contributed by atoms with Gasteiger partial charge in [-0.25, -0.2) is 18.4 Å². The van der Waals surface area contributed by atoms with Gasteiger partial charge in [0.15, 0.2) is 5.82 Å². The Balaban J connectivity index is 0.000000237. The van der Waals surface area contributed by atoms with Crippen molar-refractivity contribution in [2.75, 3.05) is 5.32 Å². The van der Waals surface area contributed by atoms with Gasteiger partial charge >= 0.3 is 0 Å². The molecule has 1 amide bonds. The largest absolute Gasteiger partial charge is 0.373 e. The first-order valence-electron chi connectivity index (χ1n) is 11.5. The molecule has 39 heavy (non-hydrogen) atoms. The number of amides is 1. The molecule has 0 saturated heterocycles. The number of carbonyl (C=O) groups is 1. The number of aryl methyl sites for hydroxylation is 2. The quantitative estimate of drug-likeness (QED) is 0.343. The summed E-state index contributed by atoms with van der Waals surface area (Å²) in [6.45, 7) is 1.84. The van der Waals surface area contributed by atoms with Gasteiger partial charge in [-0.15, -0.1) is 10.2 Å². The Kier molecular flexibility index (Phi) is 6.62. The second-order valence-corrected chi connectivity index (χ2v) is 10.2. The lowest BCUT2D eigenvalue weighted by Crippen LogP contribution is -2.24. The van der Waals surface area contributed by atoms with E-state index in [1.807, 2.05) is 6.92 Å². The van der Waals surface area contributed by atoms with Crippen LogP contribution in [0.1, 0.15) is 38.9 Å². The van der Waals surface area contributed by atoms with Crippen LogP contribution in [0.3, 0.4) is 0 Å². The molecule has 1 atom stereocenters. The van der Waals surface area contributed by atoms with E-state index in [1.165, 1.54) is 36.7 Å². The number of benzene rings is 3. The number of azo groups is 1. The molecule has 0 fully saturated rings. The summed E-state index contributed by atoms with van der Waals surface area (Å²) in [6, 6.07) is 13.8.